The van der Waals surface area contributed by atoms with Crippen LogP contribution in [-0.4, -0.2) is 19.4 Å². The molecular formula is C18H14ClIN4. The van der Waals surface area contributed by atoms with Crippen LogP contribution >= 0.6 is 34.2 Å². The molecule has 6 heteroatoms. The summed E-state index contributed by atoms with van der Waals surface area (Å²) in [5.74, 6) is 0. The molecule has 3 heterocycles. The summed E-state index contributed by atoms with van der Waals surface area (Å²) in [7, 11) is 0. The van der Waals surface area contributed by atoms with Crippen molar-refractivity contribution in [3.05, 3.63) is 74.7 Å². The SMILES string of the molecule is Cc1cc(I)nn1Cc1cc(Cl)cc2cc(-c3ccccc3)nn12. The predicted octanol–water partition coefficient (Wildman–Crippen LogP) is 4.81. The zero-order valence-electron chi connectivity index (χ0n) is 12.9. The van der Waals surface area contributed by atoms with Gasteiger partial charge < -0.3 is 0 Å². The highest BCUT2D eigenvalue weighted by Crippen LogP contribution is 2.24. The van der Waals surface area contributed by atoms with Crippen molar-refractivity contribution in [1.82, 2.24) is 19.4 Å². The topological polar surface area (TPSA) is 35.1 Å². The number of pyridine rings is 1. The van der Waals surface area contributed by atoms with Gasteiger partial charge in [0, 0.05) is 16.3 Å². The van der Waals surface area contributed by atoms with Gasteiger partial charge in [0.1, 0.15) is 3.70 Å². The van der Waals surface area contributed by atoms with Crippen molar-refractivity contribution in [3.8, 4) is 11.3 Å². The van der Waals surface area contributed by atoms with Crippen LogP contribution in [0.4, 0.5) is 0 Å². The van der Waals surface area contributed by atoms with Crippen LogP contribution in [0.25, 0.3) is 16.8 Å². The van der Waals surface area contributed by atoms with Gasteiger partial charge in [-0.2, -0.15) is 10.2 Å². The van der Waals surface area contributed by atoms with Crippen molar-refractivity contribution >= 4 is 39.7 Å². The van der Waals surface area contributed by atoms with Gasteiger partial charge in [-0.15, -0.1) is 0 Å². The van der Waals surface area contributed by atoms with Gasteiger partial charge in [0.2, 0.25) is 0 Å². The van der Waals surface area contributed by atoms with E-state index in [0.717, 1.165) is 31.9 Å². The van der Waals surface area contributed by atoms with Crippen LogP contribution < -0.4 is 0 Å². The maximum Gasteiger partial charge on any atom is 0.123 e. The first kappa shape index (κ1) is 15.7. The molecule has 0 unspecified atom stereocenters. The Morgan fingerprint density at radius 2 is 1.83 bits per heavy atom. The summed E-state index contributed by atoms with van der Waals surface area (Å²) in [4.78, 5) is 0. The van der Waals surface area contributed by atoms with E-state index >= 15 is 0 Å². The van der Waals surface area contributed by atoms with Crippen LogP contribution in [-0.2, 0) is 6.54 Å². The van der Waals surface area contributed by atoms with Gasteiger partial charge in [-0.3, -0.25) is 4.68 Å². The Morgan fingerprint density at radius 1 is 1.04 bits per heavy atom. The number of benzene rings is 1. The van der Waals surface area contributed by atoms with E-state index in [1.54, 1.807) is 0 Å². The summed E-state index contributed by atoms with van der Waals surface area (Å²) < 4.78 is 4.90. The number of aromatic nitrogens is 4. The first-order chi connectivity index (χ1) is 11.6. The average molecular weight is 449 g/mol. The number of fused-ring (bicyclic) bond motifs is 1. The Kier molecular flexibility index (Phi) is 4.05. The minimum absolute atomic E-state index is 0.627. The summed E-state index contributed by atoms with van der Waals surface area (Å²) >= 11 is 8.54. The standard InChI is InChI=1S/C18H14ClIN4/c1-12-7-18(20)22-23(12)11-16-9-14(19)8-15-10-17(21-24(15)16)13-5-3-2-4-6-13/h2-10H,11H2,1H3. The molecule has 4 nitrogen and oxygen atoms in total. The van der Waals surface area contributed by atoms with E-state index in [9.17, 15) is 0 Å². The zero-order chi connectivity index (χ0) is 16.7. The van der Waals surface area contributed by atoms with Crippen molar-refractivity contribution in [2.75, 3.05) is 0 Å². The van der Waals surface area contributed by atoms with Crippen LogP contribution in [0.2, 0.25) is 5.02 Å². The second kappa shape index (κ2) is 6.22. The Balaban J connectivity index is 1.83. The van der Waals surface area contributed by atoms with E-state index in [1.165, 1.54) is 0 Å². The van der Waals surface area contributed by atoms with Crippen LogP contribution in [0.1, 0.15) is 11.4 Å². The van der Waals surface area contributed by atoms with Crippen LogP contribution in [0, 0.1) is 10.6 Å². The highest BCUT2D eigenvalue weighted by molar-refractivity contribution is 14.1. The summed E-state index contributed by atoms with van der Waals surface area (Å²) in [6.45, 7) is 2.68. The van der Waals surface area contributed by atoms with Gasteiger partial charge in [0.15, 0.2) is 0 Å². The first-order valence-electron chi connectivity index (χ1n) is 7.54. The molecule has 120 valence electrons. The van der Waals surface area contributed by atoms with E-state index < -0.39 is 0 Å². The van der Waals surface area contributed by atoms with E-state index in [4.69, 9.17) is 16.7 Å². The molecule has 0 amide bonds. The van der Waals surface area contributed by atoms with Crippen molar-refractivity contribution in [2.45, 2.75) is 13.5 Å². The molecule has 0 aliphatic rings. The number of rotatable bonds is 3. The smallest absolute Gasteiger partial charge is 0.123 e. The van der Waals surface area contributed by atoms with Crippen LogP contribution in [0.3, 0.4) is 0 Å². The van der Waals surface area contributed by atoms with Gasteiger partial charge in [-0.05, 0) is 53.8 Å². The number of aryl methyl sites for hydroxylation is 1. The maximum absolute atomic E-state index is 6.32. The van der Waals surface area contributed by atoms with Crippen molar-refractivity contribution in [1.29, 1.82) is 0 Å². The Labute approximate surface area is 158 Å². The molecule has 0 atom stereocenters. The molecule has 0 aliphatic carbocycles. The number of hydrogen-bond donors (Lipinski definition) is 0. The van der Waals surface area contributed by atoms with E-state index in [-0.39, 0.29) is 0 Å². The van der Waals surface area contributed by atoms with E-state index in [2.05, 4.69) is 58.9 Å². The molecule has 0 spiro atoms. The maximum atomic E-state index is 6.32. The Hall–Kier alpha value is -1.86. The van der Waals surface area contributed by atoms with Crippen molar-refractivity contribution < 1.29 is 0 Å². The second-order valence-electron chi connectivity index (χ2n) is 5.66. The third kappa shape index (κ3) is 2.93. The van der Waals surface area contributed by atoms with Crippen LogP contribution in [0.15, 0.2) is 54.6 Å². The molecule has 0 aliphatic heterocycles. The summed E-state index contributed by atoms with van der Waals surface area (Å²) in [6.07, 6.45) is 0. The van der Waals surface area contributed by atoms with Gasteiger partial charge >= 0.3 is 0 Å². The number of nitrogens with zero attached hydrogens (tertiary/aromatic N) is 4. The van der Waals surface area contributed by atoms with Gasteiger partial charge in [-0.1, -0.05) is 41.9 Å². The summed E-state index contributed by atoms with van der Waals surface area (Å²) in [5, 5.41) is 10.0. The van der Waals surface area contributed by atoms with Crippen LogP contribution in [0.5, 0.6) is 0 Å². The van der Waals surface area contributed by atoms with Gasteiger partial charge in [0.05, 0.1) is 23.4 Å². The molecule has 4 rings (SSSR count). The molecule has 24 heavy (non-hydrogen) atoms. The quantitative estimate of drug-likeness (QED) is 0.422. The fourth-order valence-electron chi connectivity index (χ4n) is 2.78. The monoisotopic (exact) mass is 448 g/mol. The lowest BCUT2D eigenvalue weighted by molar-refractivity contribution is 0.633. The van der Waals surface area contributed by atoms with Gasteiger partial charge in [-0.25, -0.2) is 4.52 Å². The average Bonchev–Trinajstić information content (AvgIpc) is 3.11. The van der Waals surface area contributed by atoms with E-state index in [1.807, 2.05) is 39.5 Å². The fraction of sp³-hybridized carbons (Fsp3) is 0.111. The third-order valence-corrected chi connectivity index (χ3v) is 4.68. The Morgan fingerprint density at radius 3 is 2.54 bits per heavy atom. The molecular weight excluding hydrogens is 435 g/mol. The summed E-state index contributed by atoms with van der Waals surface area (Å²) in [5.41, 5.74) is 5.13. The molecule has 1 aromatic carbocycles. The fourth-order valence-corrected chi connectivity index (χ4v) is 3.73. The summed E-state index contributed by atoms with van der Waals surface area (Å²) in [6, 6.07) is 18.2. The highest BCUT2D eigenvalue weighted by Gasteiger charge is 2.11. The second-order valence-corrected chi connectivity index (χ2v) is 7.20. The predicted molar refractivity (Wildman–Crippen MR) is 104 cm³/mol. The molecule has 0 saturated heterocycles. The van der Waals surface area contributed by atoms with E-state index in [0.29, 0.717) is 11.6 Å². The number of halogens is 2. The molecule has 0 fully saturated rings. The Bertz CT molecular complexity index is 1020. The molecule has 0 N–H and O–H groups in total. The lowest BCUT2D eigenvalue weighted by Gasteiger charge is -2.08. The molecule has 0 bridgehead atoms. The zero-order valence-corrected chi connectivity index (χ0v) is 15.9. The normalized spacial score (nSPS) is 11.3. The minimum Gasteiger partial charge on any atom is -0.263 e. The highest BCUT2D eigenvalue weighted by atomic mass is 127. The lowest BCUT2D eigenvalue weighted by Crippen LogP contribution is -2.09. The third-order valence-electron chi connectivity index (χ3n) is 3.93. The molecule has 0 saturated carbocycles. The van der Waals surface area contributed by atoms with Crippen molar-refractivity contribution in [2.24, 2.45) is 0 Å². The lowest BCUT2D eigenvalue weighted by atomic mass is 10.1. The largest absolute Gasteiger partial charge is 0.263 e. The van der Waals surface area contributed by atoms with Gasteiger partial charge in [0.25, 0.3) is 0 Å². The van der Waals surface area contributed by atoms with Crippen molar-refractivity contribution in [3.63, 3.8) is 0 Å². The molecule has 3 aromatic heterocycles. The first-order valence-corrected chi connectivity index (χ1v) is 8.99. The molecule has 4 aromatic rings. The molecule has 0 radical (unpaired) electrons. The minimum atomic E-state index is 0.627. The number of hydrogen-bond acceptors (Lipinski definition) is 2.